The van der Waals surface area contributed by atoms with Crippen molar-refractivity contribution in [3.8, 4) is 0 Å². The third-order valence-corrected chi connectivity index (χ3v) is 4.35. The Morgan fingerprint density at radius 3 is 2.48 bits per heavy atom. The summed E-state index contributed by atoms with van der Waals surface area (Å²) in [6.07, 6.45) is 2.48. The number of hydrogen-bond acceptors (Lipinski definition) is 3. The fourth-order valence-corrected chi connectivity index (χ4v) is 2.86. The largest absolute Gasteiger partial charge is 0.352 e. The number of nitrogens with zero attached hydrogens (tertiary/aromatic N) is 2. The number of rotatable bonds is 8. The van der Waals surface area contributed by atoms with Crippen LogP contribution in [0.1, 0.15) is 43.5 Å². The van der Waals surface area contributed by atoms with Crippen LogP contribution in [0.25, 0.3) is 0 Å². The van der Waals surface area contributed by atoms with Crippen LogP contribution in [0.15, 0.2) is 24.3 Å². The first-order chi connectivity index (χ1) is 11.2. The van der Waals surface area contributed by atoms with Gasteiger partial charge in [-0.05, 0) is 56.7 Å². The Morgan fingerprint density at radius 2 is 1.91 bits per heavy atom. The Bertz CT molecular complexity index is 524. The minimum absolute atomic E-state index is 0.0520. The lowest BCUT2D eigenvalue weighted by atomic mass is 10.2. The second-order valence-electron chi connectivity index (χ2n) is 5.83. The molecule has 0 aliphatic carbocycles. The van der Waals surface area contributed by atoms with Crippen molar-refractivity contribution < 1.29 is 9.59 Å². The van der Waals surface area contributed by atoms with Gasteiger partial charge in [0.2, 0.25) is 5.91 Å². The minimum atomic E-state index is -0.0520. The zero-order chi connectivity index (χ0) is 16.7. The molecule has 0 saturated carbocycles. The highest BCUT2D eigenvalue weighted by Crippen LogP contribution is 2.21. The predicted octanol–water partition coefficient (Wildman–Crippen LogP) is 2.28. The van der Waals surface area contributed by atoms with E-state index >= 15 is 0 Å². The summed E-state index contributed by atoms with van der Waals surface area (Å²) in [6, 6.07) is 7.30. The molecule has 0 radical (unpaired) electrons. The maximum absolute atomic E-state index is 12.1. The number of benzene rings is 1. The van der Waals surface area contributed by atoms with E-state index in [0.717, 1.165) is 44.7 Å². The van der Waals surface area contributed by atoms with E-state index in [9.17, 15) is 9.59 Å². The van der Waals surface area contributed by atoms with Crippen LogP contribution in [0.5, 0.6) is 0 Å². The van der Waals surface area contributed by atoms with E-state index in [0.29, 0.717) is 18.5 Å². The number of hydrogen-bond donors (Lipinski definition) is 1. The van der Waals surface area contributed by atoms with E-state index in [-0.39, 0.29) is 11.8 Å². The number of nitrogens with one attached hydrogen (secondary N) is 1. The summed E-state index contributed by atoms with van der Waals surface area (Å²) in [7, 11) is 0. The van der Waals surface area contributed by atoms with Crippen molar-refractivity contribution >= 4 is 17.5 Å². The lowest BCUT2D eigenvalue weighted by Gasteiger charge is -2.18. The van der Waals surface area contributed by atoms with Crippen molar-refractivity contribution in [1.82, 2.24) is 10.2 Å². The highest BCUT2D eigenvalue weighted by molar-refractivity contribution is 5.97. The smallest absolute Gasteiger partial charge is 0.251 e. The Balaban J connectivity index is 1.80. The van der Waals surface area contributed by atoms with Crippen LogP contribution in [0, 0.1) is 0 Å². The maximum Gasteiger partial charge on any atom is 0.251 e. The van der Waals surface area contributed by atoms with Gasteiger partial charge in [0.25, 0.3) is 5.91 Å². The summed E-state index contributed by atoms with van der Waals surface area (Å²) in [5.41, 5.74) is 1.52. The molecule has 1 aliphatic heterocycles. The van der Waals surface area contributed by atoms with Crippen LogP contribution in [-0.4, -0.2) is 49.4 Å². The monoisotopic (exact) mass is 317 g/mol. The van der Waals surface area contributed by atoms with E-state index < -0.39 is 0 Å². The van der Waals surface area contributed by atoms with Gasteiger partial charge in [0.1, 0.15) is 0 Å². The predicted molar refractivity (Wildman–Crippen MR) is 92.8 cm³/mol. The van der Waals surface area contributed by atoms with E-state index in [4.69, 9.17) is 0 Å². The van der Waals surface area contributed by atoms with Gasteiger partial charge in [-0.25, -0.2) is 0 Å². The van der Waals surface area contributed by atoms with Gasteiger partial charge < -0.3 is 15.1 Å². The fourth-order valence-electron chi connectivity index (χ4n) is 2.86. The zero-order valence-corrected chi connectivity index (χ0v) is 14.2. The second kappa shape index (κ2) is 8.67. The van der Waals surface area contributed by atoms with Crippen molar-refractivity contribution in [2.45, 2.75) is 33.1 Å². The molecule has 1 aliphatic rings. The molecule has 0 spiro atoms. The molecule has 5 heteroatoms. The first kappa shape index (κ1) is 17.5. The third-order valence-electron chi connectivity index (χ3n) is 4.35. The lowest BCUT2D eigenvalue weighted by molar-refractivity contribution is -0.117. The molecule has 2 rings (SSSR count). The third kappa shape index (κ3) is 4.79. The average molecular weight is 317 g/mol. The van der Waals surface area contributed by atoms with E-state index in [1.165, 1.54) is 0 Å². The second-order valence-corrected chi connectivity index (χ2v) is 5.83. The molecule has 1 N–H and O–H groups in total. The molecule has 1 fully saturated rings. The normalized spacial score (nSPS) is 14.6. The van der Waals surface area contributed by atoms with Gasteiger partial charge in [0, 0.05) is 30.8 Å². The first-order valence-corrected chi connectivity index (χ1v) is 8.56. The minimum Gasteiger partial charge on any atom is -0.352 e. The molecule has 1 saturated heterocycles. The van der Waals surface area contributed by atoms with Gasteiger partial charge in [0.05, 0.1) is 0 Å². The van der Waals surface area contributed by atoms with Gasteiger partial charge in [-0.15, -0.1) is 0 Å². The summed E-state index contributed by atoms with van der Waals surface area (Å²) in [4.78, 5) is 28.0. The molecule has 1 heterocycles. The Morgan fingerprint density at radius 1 is 1.22 bits per heavy atom. The summed E-state index contributed by atoms with van der Waals surface area (Å²) >= 11 is 0. The van der Waals surface area contributed by atoms with Crippen LogP contribution in [0.4, 0.5) is 5.69 Å². The van der Waals surface area contributed by atoms with Gasteiger partial charge >= 0.3 is 0 Å². The molecule has 2 amide bonds. The van der Waals surface area contributed by atoms with Crippen molar-refractivity contribution in [2.75, 3.05) is 37.6 Å². The zero-order valence-electron chi connectivity index (χ0n) is 14.2. The molecule has 0 bridgehead atoms. The average Bonchev–Trinajstić information content (AvgIpc) is 3.01. The Labute approximate surface area is 138 Å². The molecule has 0 aromatic heterocycles. The van der Waals surface area contributed by atoms with Crippen LogP contribution in [-0.2, 0) is 4.79 Å². The van der Waals surface area contributed by atoms with Crippen LogP contribution < -0.4 is 10.2 Å². The van der Waals surface area contributed by atoms with Gasteiger partial charge in [-0.2, -0.15) is 0 Å². The van der Waals surface area contributed by atoms with Crippen LogP contribution in [0.2, 0.25) is 0 Å². The Hall–Kier alpha value is -1.88. The quantitative estimate of drug-likeness (QED) is 0.748. The van der Waals surface area contributed by atoms with E-state index in [2.05, 4.69) is 24.1 Å². The molecule has 1 aromatic carbocycles. The highest BCUT2D eigenvalue weighted by atomic mass is 16.2. The molecule has 23 heavy (non-hydrogen) atoms. The topological polar surface area (TPSA) is 52.7 Å². The van der Waals surface area contributed by atoms with E-state index in [1.54, 1.807) is 17.0 Å². The van der Waals surface area contributed by atoms with Crippen molar-refractivity contribution in [3.05, 3.63) is 29.8 Å². The fraction of sp³-hybridized carbons (Fsp3) is 0.556. The summed E-state index contributed by atoms with van der Waals surface area (Å²) in [5, 5.41) is 2.95. The molecular weight excluding hydrogens is 290 g/mol. The van der Waals surface area contributed by atoms with Gasteiger partial charge in [-0.1, -0.05) is 13.8 Å². The van der Waals surface area contributed by atoms with Crippen LogP contribution >= 0.6 is 0 Å². The van der Waals surface area contributed by atoms with Crippen molar-refractivity contribution in [2.24, 2.45) is 0 Å². The summed E-state index contributed by atoms with van der Waals surface area (Å²) < 4.78 is 0. The van der Waals surface area contributed by atoms with Gasteiger partial charge in [-0.3, -0.25) is 9.59 Å². The molecule has 1 aromatic rings. The van der Waals surface area contributed by atoms with Gasteiger partial charge in [0.15, 0.2) is 0 Å². The SMILES string of the molecule is CCN(CC)CCCNC(=O)c1ccc(N2CCCC2=O)cc1. The molecule has 0 atom stereocenters. The van der Waals surface area contributed by atoms with Crippen molar-refractivity contribution in [1.29, 1.82) is 0 Å². The molecule has 0 unspecified atom stereocenters. The maximum atomic E-state index is 12.1. The standard InChI is InChI=1S/C18H27N3O2/c1-3-20(4-2)13-6-12-19-18(23)15-8-10-16(11-9-15)21-14-5-7-17(21)22/h8-11H,3-7,12-14H2,1-2H3,(H,19,23). The van der Waals surface area contributed by atoms with E-state index in [1.807, 2.05) is 12.1 Å². The molecular formula is C18H27N3O2. The Kier molecular flexibility index (Phi) is 6.59. The number of anilines is 1. The lowest BCUT2D eigenvalue weighted by Crippen LogP contribution is -2.30. The molecule has 126 valence electrons. The summed E-state index contributed by atoms with van der Waals surface area (Å²) in [5.74, 6) is 0.113. The summed E-state index contributed by atoms with van der Waals surface area (Å²) in [6.45, 7) is 8.84. The number of amides is 2. The van der Waals surface area contributed by atoms with Crippen LogP contribution in [0.3, 0.4) is 0 Å². The number of carbonyl (C=O) groups is 2. The van der Waals surface area contributed by atoms with Crippen molar-refractivity contribution in [3.63, 3.8) is 0 Å². The molecule has 5 nitrogen and oxygen atoms in total. The first-order valence-electron chi connectivity index (χ1n) is 8.56. The number of carbonyl (C=O) groups excluding carboxylic acids is 2. The highest BCUT2D eigenvalue weighted by Gasteiger charge is 2.21.